The lowest BCUT2D eigenvalue weighted by atomic mass is 9.92. The number of fused-ring (bicyclic) bond motifs is 2. The molecule has 0 amide bonds. The molecule has 0 N–H and O–H groups in total. The highest BCUT2D eigenvalue weighted by atomic mass is 32.2. The minimum atomic E-state index is -4.04. The van der Waals surface area contributed by atoms with Crippen molar-refractivity contribution in [2.45, 2.75) is 37.5 Å². The Hall–Kier alpha value is -7.02. The van der Waals surface area contributed by atoms with E-state index in [1.54, 1.807) is 24.3 Å². The van der Waals surface area contributed by atoms with E-state index >= 15 is 0 Å². The Morgan fingerprint density at radius 2 is 0.780 bits per heavy atom. The summed E-state index contributed by atoms with van der Waals surface area (Å²) in [5.74, 6) is -0.306. The highest BCUT2D eigenvalue weighted by Crippen LogP contribution is 2.44. The van der Waals surface area contributed by atoms with Crippen LogP contribution in [0.1, 0.15) is 38.2 Å². The number of anilines is 6. The van der Waals surface area contributed by atoms with Crippen molar-refractivity contribution in [2.24, 2.45) is 0 Å². The Bertz CT molecular complexity index is 2930. The molecule has 6 heteroatoms. The first-order valence-electron chi connectivity index (χ1n) is 19.7. The topological polar surface area (TPSA) is 57.7 Å². The molecule has 59 heavy (non-hydrogen) atoms. The highest BCUT2D eigenvalue weighted by molar-refractivity contribution is 7.91. The van der Waals surface area contributed by atoms with Crippen molar-refractivity contribution in [3.63, 3.8) is 0 Å². The third-order valence-electron chi connectivity index (χ3n) is 11.4. The second-order valence-electron chi connectivity index (χ2n) is 15.1. The second-order valence-corrected chi connectivity index (χ2v) is 17.0. The third-order valence-corrected chi connectivity index (χ3v) is 13.2. The number of benzene rings is 8. The summed E-state index contributed by atoms with van der Waals surface area (Å²) in [7, 11) is -4.04. The Balaban J connectivity index is 1.06. The van der Waals surface area contributed by atoms with Crippen molar-refractivity contribution in [1.82, 2.24) is 0 Å². The Morgan fingerprint density at radius 1 is 0.373 bits per heavy atom. The molecule has 9 rings (SSSR count). The highest BCUT2D eigenvalue weighted by Gasteiger charge is 2.37. The number of para-hydroxylation sites is 4. The van der Waals surface area contributed by atoms with Crippen LogP contribution >= 0.6 is 0 Å². The van der Waals surface area contributed by atoms with E-state index < -0.39 is 9.84 Å². The average molecular weight is 787 g/mol. The van der Waals surface area contributed by atoms with Crippen LogP contribution in [0, 0.1) is 27.7 Å². The van der Waals surface area contributed by atoms with Gasteiger partial charge in [0.2, 0.25) is 9.84 Å². The van der Waals surface area contributed by atoms with Crippen molar-refractivity contribution in [1.29, 1.82) is 0 Å². The number of hydrogen-bond donors (Lipinski definition) is 0. The predicted octanol–water partition coefficient (Wildman–Crippen LogP) is 13.6. The number of carbonyl (C=O) groups excluding carboxylic acids is 1. The van der Waals surface area contributed by atoms with Gasteiger partial charge in [0.15, 0.2) is 5.78 Å². The summed E-state index contributed by atoms with van der Waals surface area (Å²) in [6, 6.07) is 59.6. The molecule has 0 saturated carbocycles. The van der Waals surface area contributed by atoms with Gasteiger partial charge in [0.05, 0.1) is 9.79 Å². The van der Waals surface area contributed by atoms with E-state index in [1.807, 2.05) is 97.1 Å². The zero-order chi connectivity index (χ0) is 40.8. The molecule has 8 aromatic carbocycles. The van der Waals surface area contributed by atoms with Crippen molar-refractivity contribution >= 4 is 49.7 Å². The minimum absolute atomic E-state index is 0.0256. The van der Waals surface area contributed by atoms with E-state index in [0.717, 1.165) is 67.5 Å². The van der Waals surface area contributed by atoms with Gasteiger partial charge in [0.1, 0.15) is 0 Å². The first-order chi connectivity index (χ1) is 28.6. The van der Waals surface area contributed by atoms with E-state index in [-0.39, 0.29) is 26.7 Å². The van der Waals surface area contributed by atoms with Crippen molar-refractivity contribution < 1.29 is 13.2 Å². The first kappa shape index (κ1) is 37.6. The number of carbonyl (C=O) groups is 1. The first-order valence-corrected chi connectivity index (χ1v) is 21.2. The fourth-order valence-corrected chi connectivity index (χ4v) is 9.96. The van der Waals surface area contributed by atoms with Crippen LogP contribution in [0.4, 0.5) is 34.1 Å². The lowest BCUT2D eigenvalue weighted by Gasteiger charge is -2.28. The summed E-state index contributed by atoms with van der Waals surface area (Å²) in [4.78, 5) is 19.0. The molecule has 0 aromatic heterocycles. The van der Waals surface area contributed by atoms with Crippen molar-refractivity contribution in [3.05, 3.63) is 215 Å². The van der Waals surface area contributed by atoms with Crippen molar-refractivity contribution in [2.75, 3.05) is 9.80 Å². The maximum Gasteiger partial charge on any atom is 0.208 e. The van der Waals surface area contributed by atoms with Crippen LogP contribution in [-0.2, 0) is 9.84 Å². The molecule has 5 nitrogen and oxygen atoms in total. The molecule has 1 aliphatic heterocycles. The van der Waals surface area contributed by atoms with Gasteiger partial charge in [-0.1, -0.05) is 115 Å². The molecular formula is C53H42N2O3S. The number of aryl methyl sites for hydroxylation is 4. The second kappa shape index (κ2) is 15.1. The van der Waals surface area contributed by atoms with Gasteiger partial charge < -0.3 is 9.80 Å². The summed E-state index contributed by atoms with van der Waals surface area (Å²) in [6.07, 6.45) is 0. The van der Waals surface area contributed by atoms with Gasteiger partial charge in [-0.3, -0.25) is 4.79 Å². The van der Waals surface area contributed by atoms with E-state index in [1.165, 1.54) is 0 Å². The van der Waals surface area contributed by atoms with E-state index in [0.29, 0.717) is 11.1 Å². The van der Waals surface area contributed by atoms with Gasteiger partial charge in [-0.15, -0.1) is 0 Å². The molecule has 0 unspecified atom stereocenters. The van der Waals surface area contributed by atoms with Crippen LogP contribution in [-0.4, -0.2) is 14.2 Å². The fraction of sp³-hybridized carbons (Fsp3) is 0.0755. The predicted molar refractivity (Wildman–Crippen MR) is 241 cm³/mol. The van der Waals surface area contributed by atoms with Gasteiger partial charge in [0.25, 0.3) is 0 Å². The summed E-state index contributed by atoms with van der Waals surface area (Å²) in [5.41, 5.74) is 14.0. The molecular weight excluding hydrogens is 745 g/mol. The standard InChI is InChI=1S/C53H42N2O3S/c1-35-14-5-9-19-46(35)54(47-20-10-6-15-36(47)2)42-29-24-39(25-30-42)41-28-33-45-51(34-41)59(57,58)50-23-13-18-44(52(50)53(45)56)40-26-31-43(32-27-40)55(48-21-11-7-16-37(48)3)49-22-12-8-17-38(49)4/h5-34H,1-4H3. The van der Waals surface area contributed by atoms with Gasteiger partial charge in [-0.05, 0) is 139 Å². The molecule has 0 aliphatic carbocycles. The summed E-state index contributed by atoms with van der Waals surface area (Å²) >= 11 is 0. The molecule has 0 atom stereocenters. The molecule has 0 fully saturated rings. The van der Waals surface area contributed by atoms with Gasteiger partial charge in [0, 0.05) is 45.3 Å². The molecule has 288 valence electrons. The maximum atomic E-state index is 14.5. The largest absolute Gasteiger partial charge is 0.310 e. The summed E-state index contributed by atoms with van der Waals surface area (Å²) < 4.78 is 29.0. The molecule has 0 radical (unpaired) electrons. The monoisotopic (exact) mass is 786 g/mol. The lowest BCUT2D eigenvalue weighted by Crippen LogP contribution is -2.21. The zero-order valence-corrected chi connectivity index (χ0v) is 34.2. The number of hydrogen-bond acceptors (Lipinski definition) is 5. The van der Waals surface area contributed by atoms with E-state index in [2.05, 4.69) is 98.2 Å². The Morgan fingerprint density at radius 3 is 1.22 bits per heavy atom. The third kappa shape index (κ3) is 6.61. The minimum Gasteiger partial charge on any atom is -0.310 e. The van der Waals surface area contributed by atoms with Gasteiger partial charge >= 0.3 is 0 Å². The molecule has 8 aromatic rings. The van der Waals surface area contributed by atoms with Crippen LogP contribution < -0.4 is 9.80 Å². The molecule has 0 bridgehead atoms. The van der Waals surface area contributed by atoms with E-state index in [9.17, 15) is 13.2 Å². The maximum absolute atomic E-state index is 14.5. The van der Waals surface area contributed by atoms with Crippen LogP contribution in [0.3, 0.4) is 0 Å². The van der Waals surface area contributed by atoms with Crippen LogP contribution in [0.2, 0.25) is 0 Å². The van der Waals surface area contributed by atoms with Crippen LogP contribution in [0.25, 0.3) is 22.3 Å². The Labute approximate surface area is 346 Å². The SMILES string of the molecule is Cc1ccccc1N(c1ccc(-c2ccc3c(c2)S(=O)(=O)c2cccc(-c4ccc(N(c5ccccc5C)c5ccccc5C)cc4)c2C3=O)cc1)c1ccccc1C. The molecule has 1 aliphatic rings. The van der Waals surface area contributed by atoms with Gasteiger partial charge in [-0.2, -0.15) is 0 Å². The average Bonchev–Trinajstić information content (AvgIpc) is 3.26. The normalized spacial score (nSPS) is 12.7. The molecule has 0 spiro atoms. The number of nitrogens with zero attached hydrogens (tertiary/aromatic N) is 2. The van der Waals surface area contributed by atoms with Crippen LogP contribution in [0.5, 0.6) is 0 Å². The van der Waals surface area contributed by atoms with E-state index in [4.69, 9.17) is 0 Å². The smallest absolute Gasteiger partial charge is 0.208 e. The molecule has 1 heterocycles. The zero-order valence-electron chi connectivity index (χ0n) is 33.3. The number of rotatable bonds is 8. The van der Waals surface area contributed by atoms with Gasteiger partial charge in [-0.25, -0.2) is 8.42 Å². The lowest BCUT2D eigenvalue weighted by molar-refractivity contribution is 0.103. The molecule has 0 saturated heterocycles. The quantitative estimate of drug-likeness (QED) is 0.154. The van der Waals surface area contributed by atoms with Crippen molar-refractivity contribution in [3.8, 4) is 22.3 Å². The summed E-state index contributed by atoms with van der Waals surface area (Å²) in [6.45, 7) is 8.41. The number of sulfone groups is 1. The summed E-state index contributed by atoms with van der Waals surface area (Å²) in [5, 5.41) is 0. The number of ketones is 1. The Kier molecular flexibility index (Phi) is 9.58. The van der Waals surface area contributed by atoms with Crippen LogP contribution in [0.15, 0.2) is 192 Å². The fourth-order valence-electron chi connectivity index (χ4n) is 8.26.